The summed E-state index contributed by atoms with van der Waals surface area (Å²) in [6.07, 6.45) is 5.67. The molecule has 0 aromatic carbocycles. The average molecular weight is 294 g/mol. The van der Waals surface area contributed by atoms with E-state index in [0.29, 0.717) is 26.2 Å². The Bertz CT molecular complexity index is 506. The molecule has 6 nitrogen and oxygen atoms in total. The topological polar surface area (TPSA) is 62.6 Å². The second-order valence-corrected chi connectivity index (χ2v) is 5.53. The molecule has 1 aliphatic heterocycles. The molecule has 6 heteroatoms. The van der Waals surface area contributed by atoms with Gasteiger partial charge in [-0.05, 0) is 25.3 Å². The number of carbonyl (C=O) groups is 1. The van der Waals surface area contributed by atoms with Crippen LogP contribution >= 0.6 is 0 Å². The fourth-order valence-corrected chi connectivity index (χ4v) is 3.12. The van der Waals surface area contributed by atoms with Gasteiger partial charge < -0.3 is 14.2 Å². The predicted octanol–water partition coefficient (Wildman–Crippen LogP) is 1.46. The van der Waals surface area contributed by atoms with Gasteiger partial charge in [-0.3, -0.25) is 9.48 Å². The lowest BCUT2D eigenvalue weighted by Crippen LogP contribution is -2.37. The van der Waals surface area contributed by atoms with E-state index in [-0.39, 0.29) is 5.97 Å². The number of rotatable bonds is 5. The van der Waals surface area contributed by atoms with Gasteiger partial charge in [-0.2, -0.15) is 5.10 Å². The number of carbonyl (C=O) groups excluding carboxylic acids is 1. The van der Waals surface area contributed by atoms with Gasteiger partial charge in [0.05, 0.1) is 26.0 Å². The molecule has 2 heterocycles. The number of esters is 1. The number of aromatic nitrogens is 2. The van der Waals surface area contributed by atoms with Crippen molar-refractivity contribution < 1.29 is 19.0 Å². The third-order valence-electron chi connectivity index (χ3n) is 4.11. The van der Waals surface area contributed by atoms with Crippen molar-refractivity contribution in [3.05, 3.63) is 17.5 Å². The Hall–Kier alpha value is -1.40. The largest absolute Gasteiger partial charge is 0.466 e. The maximum absolute atomic E-state index is 11.3. The second kappa shape index (κ2) is 6.15. The van der Waals surface area contributed by atoms with Crippen LogP contribution in [0.15, 0.2) is 6.20 Å². The van der Waals surface area contributed by atoms with Crippen LogP contribution < -0.4 is 0 Å². The summed E-state index contributed by atoms with van der Waals surface area (Å²) in [5.41, 5.74) is 2.46. The van der Waals surface area contributed by atoms with Gasteiger partial charge in [-0.15, -0.1) is 0 Å². The lowest BCUT2D eigenvalue weighted by Gasteiger charge is -2.31. The van der Waals surface area contributed by atoms with Gasteiger partial charge in [0.2, 0.25) is 0 Å². The van der Waals surface area contributed by atoms with E-state index in [0.717, 1.165) is 32.2 Å². The van der Waals surface area contributed by atoms with Crippen LogP contribution in [0, 0.1) is 0 Å². The van der Waals surface area contributed by atoms with E-state index in [2.05, 4.69) is 5.10 Å². The van der Waals surface area contributed by atoms with Gasteiger partial charge in [-0.25, -0.2) is 0 Å². The van der Waals surface area contributed by atoms with Crippen LogP contribution in [0.5, 0.6) is 0 Å². The average Bonchev–Trinajstić information content (AvgIpc) is 3.07. The van der Waals surface area contributed by atoms with Crippen LogP contribution in [-0.2, 0) is 38.4 Å². The van der Waals surface area contributed by atoms with Crippen LogP contribution in [0.25, 0.3) is 0 Å². The molecule has 0 saturated carbocycles. The minimum Gasteiger partial charge on any atom is -0.466 e. The first-order chi connectivity index (χ1) is 10.2. The summed E-state index contributed by atoms with van der Waals surface area (Å²) >= 11 is 0. The summed E-state index contributed by atoms with van der Waals surface area (Å²) in [5.74, 6) is -0.545. The standard InChI is InChI=1S/C15H22N2O4/c1-2-19-14(18)4-3-7-17-13-5-6-15(20-8-9-21-15)10-12(13)11-16-17/h11H,2-10H2,1H3. The van der Waals surface area contributed by atoms with Gasteiger partial charge >= 0.3 is 5.97 Å². The molecule has 0 amide bonds. The van der Waals surface area contributed by atoms with E-state index in [1.807, 2.05) is 17.8 Å². The number of fused-ring (bicyclic) bond motifs is 1. The van der Waals surface area contributed by atoms with E-state index >= 15 is 0 Å². The van der Waals surface area contributed by atoms with E-state index in [1.165, 1.54) is 11.3 Å². The van der Waals surface area contributed by atoms with Crippen LogP contribution in [0.3, 0.4) is 0 Å². The van der Waals surface area contributed by atoms with E-state index in [9.17, 15) is 4.79 Å². The zero-order chi connectivity index (χ0) is 14.7. The second-order valence-electron chi connectivity index (χ2n) is 5.53. The quantitative estimate of drug-likeness (QED) is 0.769. The number of nitrogens with zero attached hydrogens (tertiary/aromatic N) is 2. The van der Waals surface area contributed by atoms with Gasteiger partial charge in [-0.1, -0.05) is 0 Å². The Balaban J connectivity index is 1.57. The van der Waals surface area contributed by atoms with Crippen molar-refractivity contribution in [3.8, 4) is 0 Å². The van der Waals surface area contributed by atoms with Crippen molar-refractivity contribution in [1.29, 1.82) is 0 Å². The Morgan fingerprint density at radius 2 is 2.29 bits per heavy atom. The molecule has 0 radical (unpaired) electrons. The van der Waals surface area contributed by atoms with Gasteiger partial charge in [0, 0.05) is 31.5 Å². The molecule has 1 spiro atoms. The van der Waals surface area contributed by atoms with Gasteiger partial charge in [0.15, 0.2) is 5.79 Å². The monoisotopic (exact) mass is 294 g/mol. The van der Waals surface area contributed by atoms with E-state index < -0.39 is 5.79 Å². The number of ether oxygens (including phenoxy) is 3. The molecular weight excluding hydrogens is 272 g/mol. The van der Waals surface area contributed by atoms with Crippen molar-refractivity contribution >= 4 is 5.97 Å². The van der Waals surface area contributed by atoms with Crippen molar-refractivity contribution in [1.82, 2.24) is 9.78 Å². The Labute approximate surface area is 124 Å². The molecule has 1 fully saturated rings. The molecule has 116 valence electrons. The molecule has 21 heavy (non-hydrogen) atoms. The zero-order valence-corrected chi connectivity index (χ0v) is 12.5. The molecule has 1 aromatic rings. The van der Waals surface area contributed by atoms with E-state index in [4.69, 9.17) is 14.2 Å². The molecular formula is C15H22N2O4. The molecule has 0 atom stereocenters. The Kier molecular flexibility index (Phi) is 4.26. The molecule has 1 aromatic heterocycles. The van der Waals surface area contributed by atoms with Crippen molar-refractivity contribution in [2.75, 3.05) is 19.8 Å². The number of hydrogen-bond donors (Lipinski definition) is 0. The van der Waals surface area contributed by atoms with Crippen LogP contribution in [0.2, 0.25) is 0 Å². The molecule has 1 aliphatic carbocycles. The number of hydrogen-bond acceptors (Lipinski definition) is 5. The normalized spacial score (nSPS) is 19.7. The van der Waals surface area contributed by atoms with Crippen LogP contribution in [-0.4, -0.2) is 41.4 Å². The van der Waals surface area contributed by atoms with Crippen LogP contribution in [0.1, 0.15) is 37.4 Å². The smallest absolute Gasteiger partial charge is 0.305 e. The molecule has 3 rings (SSSR count). The third-order valence-corrected chi connectivity index (χ3v) is 4.11. The summed E-state index contributed by atoms with van der Waals surface area (Å²) in [4.78, 5) is 11.3. The first kappa shape index (κ1) is 14.5. The Morgan fingerprint density at radius 1 is 1.48 bits per heavy atom. The molecule has 2 aliphatic rings. The van der Waals surface area contributed by atoms with Crippen molar-refractivity contribution in [2.24, 2.45) is 0 Å². The minimum atomic E-state index is -0.411. The highest BCUT2D eigenvalue weighted by atomic mass is 16.7. The fourth-order valence-electron chi connectivity index (χ4n) is 3.12. The summed E-state index contributed by atoms with van der Waals surface area (Å²) < 4.78 is 18.5. The molecule has 0 bridgehead atoms. The first-order valence-electron chi connectivity index (χ1n) is 7.69. The lowest BCUT2D eigenvalue weighted by atomic mass is 9.92. The van der Waals surface area contributed by atoms with Crippen molar-refractivity contribution in [2.45, 2.75) is 51.4 Å². The molecule has 0 N–H and O–H groups in total. The van der Waals surface area contributed by atoms with Gasteiger partial charge in [0.1, 0.15) is 0 Å². The highest BCUT2D eigenvalue weighted by Crippen LogP contribution is 2.35. The summed E-state index contributed by atoms with van der Waals surface area (Å²) in [5, 5.41) is 4.45. The highest BCUT2D eigenvalue weighted by molar-refractivity contribution is 5.69. The maximum Gasteiger partial charge on any atom is 0.305 e. The number of aryl methyl sites for hydroxylation is 1. The minimum absolute atomic E-state index is 0.134. The van der Waals surface area contributed by atoms with Crippen LogP contribution in [0.4, 0.5) is 0 Å². The first-order valence-corrected chi connectivity index (χ1v) is 7.69. The van der Waals surface area contributed by atoms with E-state index in [1.54, 1.807) is 0 Å². The maximum atomic E-state index is 11.3. The summed E-state index contributed by atoms with van der Waals surface area (Å²) in [6, 6.07) is 0. The summed E-state index contributed by atoms with van der Waals surface area (Å²) in [6.45, 7) is 4.39. The zero-order valence-electron chi connectivity index (χ0n) is 12.5. The van der Waals surface area contributed by atoms with Crippen molar-refractivity contribution in [3.63, 3.8) is 0 Å². The molecule has 0 unspecified atom stereocenters. The highest BCUT2D eigenvalue weighted by Gasteiger charge is 2.40. The SMILES string of the molecule is CCOC(=O)CCCn1ncc2c1CCC1(C2)OCCO1. The lowest BCUT2D eigenvalue weighted by molar-refractivity contribution is -0.164. The fraction of sp³-hybridized carbons (Fsp3) is 0.733. The third kappa shape index (κ3) is 3.11. The predicted molar refractivity (Wildman–Crippen MR) is 74.8 cm³/mol. The summed E-state index contributed by atoms with van der Waals surface area (Å²) in [7, 11) is 0. The molecule has 1 saturated heterocycles. The van der Waals surface area contributed by atoms with Gasteiger partial charge in [0.25, 0.3) is 0 Å². The Morgan fingerprint density at radius 3 is 3.05 bits per heavy atom.